The van der Waals surface area contributed by atoms with E-state index >= 15 is 0 Å². The molecule has 80 valence electrons. The molecule has 0 fully saturated rings. The molecule has 2 nitrogen and oxygen atoms in total. The van der Waals surface area contributed by atoms with Crippen LogP contribution in [-0.2, 0) is 0 Å². The molecule has 0 aromatic heterocycles. The van der Waals surface area contributed by atoms with Gasteiger partial charge in [0.1, 0.15) is 0 Å². The van der Waals surface area contributed by atoms with E-state index in [2.05, 4.69) is 38.8 Å². The van der Waals surface area contributed by atoms with Crippen molar-refractivity contribution in [1.82, 2.24) is 0 Å². The van der Waals surface area contributed by atoms with Crippen LogP contribution in [-0.4, -0.2) is 12.4 Å². The van der Waals surface area contributed by atoms with Gasteiger partial charge >= 0.3 is 0 Å². The zero-order valence-electron chi connectivity index (χ0n) is 9.96. The third kappa shape index (κ3) is 6.58. The second-order valence-electron chi connectivity index (χ2n) is 4.70. The highest BCUT2D eigenvalue weighted by Gasteiger charge is 2.12. The maximum absolute atomic E-state index is 7.08. The molecule has 0 aliphatic carbocycles. The summed E-state index contributed by atoms with van der Waals surface area (Å²) in [6.07, 6.45) is 6.29. The van der Waals surface area contributed by atoms with Crippen molar-refractivity contribution in [3.05, 3.63) is 11.8 Å². The minimum atomic E-state index is 0.0418. The molecular formula is C12H22N2. The predicted molar refractivity (Wildman–Crippen MR) is 64.3 cm³/mol. The first-order valence-corrected chi connectivity index (χ1v) is 5.10. The normalized spacial score (nSPS) is 14.0. The second kappa shape index (κ2) is 5.74. The van der Waals surface area contributed by atoms with E-state index in [-0.39, 0.29) is 5.41 Å². The highest BCUT2D eigenvalue weighted by Crippen LogP contribution is 2.22. The first-order chi connectivity index (χ1) is 6.37. The Kier molecular flexibility index (Phi) is 5.36. The van der Waals surface area contributed by atoms with E-state index in [1.54, 1.807) is 0 Å². The lowest BCUT2D eigenvalue weighted by Gasteiger charge is -2.17. The molecule has 2 heteroatoms. The number of allylic oxidation sites excluding steroid dienone is 2. The Bertz CT molecular complexity index is 235. The summed E-state index contributed by atoms with van der Waals surface area (Å²) in [6, 6.07) is 0. The van der Waals surface area contributed by atoms with Gasteiger partial charge in [-0.2, -0.15) is 0 Å². The predicted octanol–water partition coefficient (Wildman–Crippen LogP) is 3.68. The van der Waals surface area contributed by atoms with Crippen LogP contribution in [0.2, 0.25) is 0 Å². The minimum Gasteiger partial charge on any atom is -0.313 e. The number of nitrogens with one attached hydrogen (secondary N) is 1. The summed E-state index contributed by atoms with van der Waals surface area (Å²) in [5, 5.41) is 7.08. The van der Waals surface area contributed by atoms with E-state index in [0.29, 0.717) is 5.92 Å². The van der Waals surface area contributed by atoms with E-state index in [4.69, 9.17) is 5.41 Å². The highest BCUT2D eigenvalue weighted by molar-refractivity contribution is 5.61. The Labute approximate surface area is 87.6 Å². The van der Waals surface area contributed by atoms with Crippen LogP contribution in [0.25, 0.3) is 0 Å². The van der Waals surface area contributed by atoms with Crippen LogP contribution in [0, 0.1) is 16.7 Å². The standard InChI is InChI=1S/C12H22N2/c1-10(2)9-14-11(3)8-12(4,5)6-7-13/h7-10,13H,6H2,1-5H3. The third-order valence-corrected chi connectivity index (χ3v) is 1.80. The van der Waals surface area contributed by atoms with Gasteiger partial charge in [0.25, 0.3) is 0 Å². The molecule has 14 heavy (non-hydrogen) atoms. The van der Waals surface area contributed by atoms with Crippen molar-refractivity contribution in [1.29, 1.82) is 5.41 Å². The third-order valence-electron chi connectivity index (χ3n) is 1.80. The molecule has 0 heterocycles. The minimum absolute atomic E-state index is 0.0418. The Morgan fingerprint density at radius 2 is 2.00 bits per heavy atom. The monoisotopic (exact) mass is 194 g/mol. The van der Waals surface area contributed by atoms with Crippen LogP contribution in [0.15, 0.2) is 16.8 Å². The van der Waals surface area contributed by atoms with Crippen molar-refractivity contribution >= 4 is 12.4 Å². The molecular weight excluding hydrogens is 172 g/mol. The summed E-state index contributed by atoms with van der Waals surface area (Å²) >= 11 is 0. The molecule has 0 aliphatic rings. The van der Waals surface area contributed by atoms with Gasteiger partial charge in [0.05, 0.1) is 0 Å². The van der Waals surface area contributed by atoms with Crippen LogP contribution in [0.5, 0.6) is 0 Å². The summed E-state index contributed by atoms with van der Waals surface area (Å²) in [5.74, 6) is 0.490. The molecule has 0 aromatic rings. The quantitative estimate of drug-likeness (QED) is 0.648. The summed E-state index contributed by atoms with van der Waals surface area (Å²) in [4.78, 5) is 4.35. The van der Waals surface area contributed by atoms with Gasteiger partial charge in [-0.15, -0.1) is 0 Å². The van der Waals surface area contributed by atoms with Crippen molar-refractivity contribution in [3.63, 3.8) is 0 Å². The second-order valence-corrected chi connectivity index (χ2v) is 4.70. The summed E-state index contributed by atoms with van der Waals surface area (Å²) in [7, 11) is 0. The molecule has 0 amide bonds. The van der Waals surface area contributed by atoms with E-state index in [1.165, 1.54) is 6.21 Å². The van der Waals surface area contributed by atoms with Crippen LogP contribution in [0.1, 0.15) is 41.0 Å². The van der Waals surface area contributed by atoms with Crippen molar-refractivity contribution in [2.45, 2.75) is 41.0 Å². The molecule has 0 aromatic carbocycles. The lowest BCUT2D eigenvalue weighted by atomic mass is 9.89. The molecule has 0 saturated heterocycles. The van der Waals surface area contributed by atoms with Crippen LogP contribution < -0.4 is 0 Å². The average molecular weight is 194 g/mol. The molecule has 0 bridgehead atoms. The number of aliphatic imine (C=N–C) groups is 1. The van der Waals surface area contributed by atoms with Gasteiger partial charge < -0.3 is 5.41 Å². The van der Waals surface area contributed by atoms with Gasteiger partial charge in [-0.25, -0.2) is 0 Å². The number of rotatable bonds is 5. The van der Waals surface area contributed by atoms with Crippen molar-refractivity contribution in [2.75, 3.05) is 0 Å². The van der Waals surface area contributed by atoms with E-state index in [1.807, 2.05) is 13.1 Å². The van der Waals surface area contributed by atoms with E-state index < -0.39 is 0 Å². The lowest BCUT2D eigenvalue weighted by Crippen LogP contribution is -2.08. The first kappa shape index (κ1) is 13.1. The van der Waals surface area contributed by atoms with Gasteiger partial charge in [-0.3, -0.25) is 4.99 Å². The smallest absolute Gasteiger partial charge is 0.0334 e. The van der Waals surface area contributed by atoms with Crippen molar-refractivity contribution < 1.29 is 0 Å². The van der Waals surface area contributed by atoms with Crippen molar-refractivity contribution in [2.24, 2.45) is 16.3 Å². The van der Waals surface area contributed by atoms with Crippen LogP contribution in [0.4, 0.5) is 0 Å². The van der Waals surface area contributed by atoms with Gasteiger partial charge in [0, 0.05) is 11.9 Å². The number of hydrogen-bond acceptors (Lipinski definition) is 2. The highest BCUT2D eigenvalue weighted by atomic mass is 14.7. The Hall–Kier alpha value is -0.920. The molecule has 0 spiro atoms. The van der Waals surface area contributed by atoms with E-state index in [0.717, 1.165) is 12.1 Å². The average Bonchev–Trinajstić information content (AvgIpc) is 1.99. The molecule has 0 rings (SSSR count). The zero-order chi connectivity index (χ0) is 11.2. The molecule has 0 saturated carbocycles. The molecule has 0 unspecified atom stereocenters. The van der Waals surface area contributed by atoms with Crippen molar-refractivity contribution in [3.8, 4) is 0 Å². The van der Waals surface area contributed by atoms with Crippen LogP contribution >= 0.6 is 0 Å². The maximum atomic E-state index is 7.08. The molecule has 0 atom stereocenters. The van der Waals surface area contributed by atoms with Gasteiger partial charge in [0.2, 0.25) is 0 Å². The zero-order valence-corrected chi connectivity index (χ0v) is 9.96. The van der Waals surface area contributed by atoms with Crippen LogP contribution in [0.3, 0.4) is 0 Å². The van der Waals surface area contributed by atoms with Gasteiger partial charge in [0.15, 0.2) is 0 Å². The fraction of sp³-hybridized carbons (Fsp3) is 0.667. The summed E-state index contributed by atoms with van der Waals surface area (Å²) in [5.41, 5.74) is 1.07. The first-order valence-electron chi connectivity index (χ1n) is 5.10. The Balaban J connectivity index is 4.42. The number of hydrogen-bond donors (Lipinski definition) is 1. The fourth-order valence-electron chi connectivity index (χ4n) is 1.19. The molecule has 1 N–H and O–H groups in total. The molecule has 0 aliphatic heterocycles. The topological polar surface area (TPSA) is 36.2 Å². The fourth-order valence-corrected chi connectivity index (χ4v) is 1.19. The Morgan fingerprint density at radius 1 is 1.43 bits per heavy atom. The van der Waals surface area contributed by atoms with E-state index in [9.17, 15) is 0 Å². The van der Waals surface area contributed by atoms with Gasteiger partial charge in [-0.05, 0) is 30.9 Å². The Morgan fingerprint density at radius 3 is 2.43 bits per heavy atom. The summed E-state index contributed by atoms with van der Waals surface area (Å²) in [6.45, 7) is 10.5. The van der Waals surface area contributed by atoms with Gasteiger partial charge in [-0.1, -0.05) is 33.8 Å². The molecule has 0 radical (unpaired) electrons. The summed E-state index contributed by atoms with van der Waals surface area (Å²) < 4.78 is 0. The maximum Gasteiger partial charge on any atom is 0.0334 e. The lowest BCUT2D eigenvalue weighted by molar-refractivity contribution is 0.503. The SMILES string of the molecule is CC(=CC(C)(C)CC=N)N=CC(C)C. The number of nitrogens with zero attached hydrogens (tertiary/aromatic N) is 1. The largest absolute Gasteiger partial charge is 0.313 e.